The van der Waals surface area contributed by atoms with E-state index in [1.807, 2.05) is 0 Å². The van der Waals surface area contributed by atoms with Crippen LogP contribution >= 0.6 is 0 Å². The minimum Gasteiger partial charge on any atom is -0.477 e. The number of aromatic nitrogens is 1. The zero-order chi connectivity index (χ0) is 11.8. The summed E-state index contributed by atoms with van der Waals surface area (Å²) in [7, 11) is 0. The fourth-order valence-corrected chi connectivity index (χ4v) is 1.24. The van der Waals surface area contributed by atoms with Gasteiger partial charge in [-0.2, -0.15) is 13.2 Å². The third kappa shape index (κ3) is 2.26. The van der Waals surface area contributed by atoms with Crippen molar-refractivity contribution in [2.24, 2.45) is 0 Å². The molecular formula is C9H8F3NO2. The smallest absolute Gasteiger partial charge is 0.416 e. The van der Waals surface area contributed by atoms with Gasteiger partial charge in [-0.25, -0.2) is 9.78 Å². The molecule has 3 nitrogen and oxygen atoms in total. The molecule has 1 rings (SSSR count). The molecule has 0 aliphatic carbocycles. The van der Waals surface area contributed by atoms with Gasteiger partial charge in [-0.1, -0.05) is 0 Å². The third-order valence-electron chi connectivity index (χ3n) is 1.91. The standard InChI is InChI=1S/C9H8F3NO2/c1-4-3-6(9(10,11)12)5(2)7(13-4)8(14)15/h3H,1-2H3,(H,14,15). The van der Waals surface area contributed by atoms with E-state index in [1.165, 1.54) is 6.92 Å². The Labute approximate surface area is 83.6 Å². The van der Waals surface area contributed by atoms with E-state index in [2.05, 4.69) is 4.98 Å². The van der Waals surface area contributed by atoms with Crippen molar-refractivity contribution in [1.82, 2.24) is 4.98 Å². The molecule has 1 aromatic rings. The molecule has 15 heavy (non-hydrogen) atoms. The Morgan fingerprint density at radius 3 is 2.33 bits per heavy atom. The molecule has 82 valence electrons. The van der Waals surface area contributed by atoms with Gasteiger partial charge in [0.2, 0.25) is 0 Å². The highest BCUT2D eigenvalue weighted by molar-refractivity contribution is 5.87. The summed E-state index contributed by atoms with van der Waals surface area (Å²) in [5.41, 5.74) is -1.83. The van der Waals surface area contributed by atoms with E-state index in [0.717, 1.165) is 13.0 Å². The Morgan fingerprint density at radius 1 is 1.40 bits per heavy atom. The van der Waals surface area contributed by atoms with Crippen molar-refractivity contribution in [3.05, 3.63) is 28.6 Å². The second-order valence-electron chi connectivity index (χ2n) is 3.09. The highest BCUT2D eigenvalue weighted by Gasteiger charge is 2.34. The average molecular weight is 219 g/mol. The molecule has 0 atom stereocenters. The van der Waals surface area contributed by atoms with Gasteiger partial charge in [-0.3, -0.25) is 0 Å². The zero-order valence-corrected chi connectivity index (χ0v) is 8.01. The first-order chi connectivity index (χ1) is 6.73. The first-order valence-corrected chi connectivity index (χ1v) is 4.02. The Morgan fingerprint density at radius 2 is 1.93 bits per heavy atom. The molecule has 6 heteroatoms. The molecule has 0 amide bonds. The molecule has 0 saturated carbocycles. The van der Waals surface area contributed by atoms with Gasteiger partial charge in [0.1, 0.15) is 0 Å². The molecule has 1 aromatic heterocycles. The van der Waals surface area contributed by atoms with Crippen molar-refractivity contribution in [3.8, 4) is 0 Å². The van der Waals surface area contributed by atoms with Crippen LogP contribution in [0.25, 0.3) is 0 Å². The zero-order valence-electron chi connectivity index (χ0n) is 8.01. The van der Waals surface area contributed by atoms with Crippen LogP contribution in [0.5, 0.6) is 0 Å². The van der Waals surface area contributed by atoms with Crippen LogP contribution in [0.15, 0.2) is 6.07 Å². The minimum absolute atomic E-state index is 0.0327. The maximum atomic E-state index is 12.5. The molecule has 1 N–H and O–H groups in total. The van der Waals surface area contributed by atoms with E-state index < -0.39 is 23.4 Å². The van der Waals surface area contributed by atoms with Crippen molar-refractivity contribution >= 4 is 5.97 Å². The van der Waals surface area contributed by atoms with E-state index in [4.69, 9.17) is 5.11 Å². The molecule has 0 aliphatic heterocycles. The summed E-state index contributed by atoms with van der Waals surface area (Å²) in [5, 5.41) is 8.65. The topological polar surface area (TPSA) is 50.2 Å². The van der Waals surface area contributed by atoms with Crippen molar-refractivity contribution in [2.75, 3.05) is 0 Å². The Hall–Kier alpha value is -1.59. The fourth-order valence-electron chi connectivity index (χ4n) is 1.24. The quantitative estimate of drug-likeness (QED) is 0.789. The lowest BCUT2D eigenvalue weighted by Gasteiger charge is -2.12. The summed E-state index contributed by atoms with van der Waals surface area (Å²) in [6.07, 6.45) is -4.55. The number of aryl methyl sites for hydroxylation is 1. The number of hydrogen-bond donors (Lipinski definition) is 1. The number of hydrogen-bond acceptors (Lipinski definition) is 2. The molecule has 0 aliphatic rings. The van der Waals surface area contributed by atoms with Gasteiger partial charge in [0.15, 0.2) is 5.69 Å². The molecule has 0 bridgehead atoms. The number of alkyl halides is 3. The van der Waals surface area contributed by atoms with Gasteiger partial charge in [0, 0.05) is 5.69 Å². The van der Waals surface area contributed by atoms with E-state index in [0.29, 0.717) is 0 Å². The number of rotatable bonds is 1. The van der Waals surface area contributed by atoms with Gasteiger partial charge in [0.25, 0.3) is 0 Å². The van der Waals surface area contributed by atoms with Gasteiger partial charge in [-0.05, 0) is 25.5 Å². The monoisotopic (exact) mass is 219 g/mol. The van der Waals surface area contributed by atoms with Crippen LogP contribution in [0.4, 0.5) is 13.2 Å². The number of carboxylic acid groups (broad SMARTS) is 1. The Kier molecular flexibility index (Phi) is 2.70. The van der Waals surface area contributed by atoms with Crippen LogP contribution in [0.1, 0.15) is 27.3 Å². The van der Waals surface area contributed by atoms with Gasteiger partial charge in [0.05, 0.1) is 5.56 Å². The first kappa shape index (κ1) is 11.5. The maximum absolute atomic E-state index is 12.5. The van der Waals surface area contributed by atoms with Crippen molar-refractivity contribution in [2.45, 2.75) is 20.0 Å². The first-order valence-electron chi connectivity index (χ1n) is 4.02. The molecule has 0 saturated heterocycles. The summed E-state index contributed by atoms with van der Waals surface area (Å²) in [4.78, 5) is 14.2. The predicted octanol–water partition coefficient (Wildman–Crippen LogP) is 2.42. The summed E-state index contributed by atoms with van der Waals surface area (Å²) in [5.74, 6) is -1.46. The normalized spacial score (nSPS) is 11.5. The lowest BCUT2D eigenvalue weighted by Crippen LogP contribution is -2.14. The van der Waals surface area contributed by atoms with Crippen molar-refractivity contribution < 1.29 is 23.1 Å². The highest BCUT2D eigenvalue weighted by atomic mass is 19.4. The number of nitrogens with zero attached hydrogens (tertiary/aromatic N) is 1. The highest BCUT2D eigenvalue weighted by Crippen LogP contribution is 2.32. The number of carbonyl (C=O) groups is 1. The number of halogens is 3. The number of pyridine rings is 1. The molecule has 0 spiro atoms. The predicted molar refractivity (Wildman–Crippen MR) is 45.7 cm³/mol. The Bertz CT molecular complexity index is 413. The molecular weight excluding hydrogens is 211 g/mol. The van der Waals surface area contributed by atoms with Gasteiger partial charge in [-0.15, -0.1) is 0 Å². The number of aromatic carboxylic acids is 1. The summed E-state index contributed by atoms with van der Waals surface area (Å²) in [6, 6.07) is 0.835. The second-order valence-corrected chi connectivity index (χ2v) is 3.09. The lowest BCUT2D eigenvalue weighted by atomic mass is 10.1. The second kappa shape index (κ2) is 3.52. The summed E-state index contributed by atoms with van der Waals surface area (Å²) in [6.45, 7) is 2.42. The molecule has 0 radical (unpaired) electrons. The van der Waals surface area contributed by atoms with Gasteiger partial charge < -0.3 is 5.11 Å². The molecule has 0 fully saturated rings. The fraction of sp³-hybridized carbons (Fsp3) is 0.333. The van der Waals surface area contributed by atoms with Crippen LogP contribution in [0.2, 0.25) is 0 Å². The molecule has 0 unspecified atom stereocenters. The van der Waals surface area contributed by atoms with Crippen LogP contribution in [0, 0.1) is 13.8 Å². The summed E-state index contributed by atoms with van der Waals surface area (Å²) < 4.78 is 37.4. The van der Waals surface area contributed by atoms with E-state index in [-0.39, 0.29) is 11.3 Å². The van der Waals surface area contributed by atoms with Crippen LogP contribution in [-0.4, -0.2) is 16.1 Å². The number of carboxylic acids is 1. The van der Waals surface area contributed by atoms with E-state index in [1.54, 1.807) is 0 Å². The Balaban J connectivity index is 3.49. The maximum Gasteiger partial charge on any atom is 0.416 e. The van der Waals surface area contributed by atoms with E-state index in [9.17, 15) is 18.0 Å². The van der Waals surface area contributed by atoms with Crippen LogP contribution < -0.4 is 0 Å². The largest absolute Gasteiger partial charge is 0.477 e. The summed E-state index contributed by atoms with van der Waals surface area (Å²) >= 11 is 0. The van der Waals surface area contributed by atoms with Crippen molar-refractivity contribution in [3.63, 3.8) is 0 Å². The average Bonchev–Trinajstić information content (AvgIpc) is 2.06. The molecule has 1 heterocycles. The van der Waals surface area contributed by atoms with Crippen LogP contribution in [-0.2, 0) is 6.18 Å². The molecule has 0 aromatic carbocycles. The third-order valence-corrected chi connectivity index (χ3v) is 1.91. The SMILES string of the molecule is Cc1cc(C(F)(F)F)c(C)c(C(=O)O)n1. The van der Waals surface area contributed by atoms with E-state index >= 15 is 0 Å². The minimum atomic E-state index is -4.55. The van der Waals surface area contributed by atoms with Gasteiger partial charge >= 0.3 is 12.1 Å². The van der Waals surface area contributed by atoms with Crippen LogP contribution in [0.3, 0.4) is 0 Å². The van der Waals surface area contributed by atoms with Crippen molar-refractivity contribution in [1.29, 1.82) is 0 Å². The lowest BCUT2D eigenvalue weighted by molar-refractivity contribution is -0.138.